The van der Waals surface area contributed by atoms with Crippen molar-refractivity contribution < 1.29 is 4.79 Å². The van der Waals surface area contributed by atoms with Crippen LogP contribution in [0, 0.1) is 3.57 Å². The fourth-order valence-electron chi connectivity index (χ4n) is 2.72. The van der Waals surface area contributed by atoms with Crippen molar-refractivity contribution in [1.82, 2.24) is 4.90 Å². The Morgan fingerprint density at radius 1 is 1.17 bits per heavy atom. The van der Waals surface area contributed by atoms with E-state index in [9.17, 15) is 4.79 Å². The van der Waals surface area contributed by atoms with Gasteiger partial charge in [0.15, 0.2) is 5.17 Å². The zero-order chi connectivity index (χ0) is 16.5. The number of fused-ring (bicyclic) bond motifs is 1. The van der Waals surface area contributed by atoms with Gasteiger partial charge in [0.25, 0.3) is 5.91 Å². The molecule has 2 heterocycles. The second-order valence-electron chi connectivity index (χ2n) is 5.45. The number of halogens is 1. The summed E-state index contributed by atoms with van der Waals surface area (Å²) in [6.07, 6.45) is 0. The SMILES string of the molecule is O=C(Nc1ccc(C2=CSC3=NCCN23)cc1)c1ccccc1I. The lowest BCUT2D eigenvalue weighted by Gasteiger charge is -2.17. The standard InChI is InChI=1S/C18H14IN3OS/c19-15-4-2-1-3-14(15)17(23)21-13-7-5-12(6-8-13)16-11-24-18-20-9-10-22(16)18/h1-8,11H,9-10H2,(H,21,23). The van der Waals surface area contributed by atoms with Crippen LogP contribution in [0.1, 0.15) is 15.9 Å². The molecule has 0 saturated heterocycles. The molecule has 0 saturated carbocycles. The van der Waals surface area contributed by atoms with Crippen LogP contribution < -0.4 is 5.32 Å². The molecule has 2 aliphatic heterocycles. The van der Waals surface area contributed by atoms with Crippen molar-refractivity contribution in [2.45, 2.75) is 0 Å². The molecule has 0 radical (unpaired) electrons. The van der Waals surface area contributed by atoms with E-state index < -0.39 is 0 Å². The number of benzene rings is 2. The molecule has 1 N–H and O–H groups in total. The van der Waals surface area contributed by atoms with Gasteiger partial charge in [0.1, 0.15) is 0 Å². The Labute approximate surface area is 158 Å². The van der Waals surface area contributed by atoms with Crippen molar-refractivity contribution in [3.8, 4) is 0 Å². The maximum absolute atomic E-state index is 12.4. The summed E-state index contributed by atoms with van der Waals surface area (Å²) in [6.45, 7) is 1.81. The Kier molecular flexibility index (Phi) is 4.32. The van der Waals surface area contributed by atoms with Crippen molar-refractivity contribution in [1.29, 1.82) is 0 Å². The van der Waals surface area contributed by atoms with Crippen molar-refractivity contribution >= 4 is 56.8 Å². The van der Waals surface area contributed by atoms with E-state index >= 15 is 0 Å². The highest BCUT2D eigenvalue weighted by molar-refractivity contribution is 14.1. The normalized spacial score (nSPS) is 15.8. The number of rotatable bonds is 3. The van der Waals surface area contributed by atoms with E-state index in [4.69, 9.17) is 0 Å². The molecule has 0 aromatic heterocycles. The van der Waals surface area contributed by atoms with E-state index in [-0.39, 0.29) is 5.91 Å². The number of thioether (sulfide) groups is 1. The summed E-state index contributed by atoms with van der Waals surface area (Å²) in [5.74, 6) is -0.0858. The fourth-order valence-corrected chi connectivity index (χ4v) is 4.31. The zero-order valence-corrected chi connectivity index (χ0v) is 15.7. The number of amidine groups is 1. The van der Waals surface area contributed by atoms with Crippen LogP contribution >= 0.6 is 34.4 Å². The van der Waals surface area contributed by atoms with Gasteiger partial charge < -0.3 is 10.2 Å². The highest BCUT2D eigenvalue weighted by atomic mass is 127. The number of aliphatic imine (C=N–C) groups is 1. The molecular weight excluding hydrogens is 433 g/mol. The van der Waals surface area contributed by atoms with Crippen LogP contribution in [-0.2, 0) is 0 Å². The predicted molar refractivity (Wildman–Crippen MR) is 108 cm³/mol. The third-order valence-corrected chi connectivity index (χ3v) is 5.77. The molecule has 0 atom stereocenters. The number of carbonyl (C=O) groups is 1. The number of carbonyl (C=O) groups excluding carboxylic acids is 1. The molecule has 4 nitrogen and oxygen atoms in total. The average Bonchev–Trinajstić information content (AvgIpc) is 3.19. The number of nitrogens with one attached hydrogen (secondary N) is 1. The lowest BCUT2D eigenvalue weighted by Crippen LogP contribution is -2.19. The van der Waals surface area contributed by atoms with Gasteiger partial charge in [-0.05, 0) is 52.4 Å². The minimum atomic E-state index is -0.0858. The predicted octanol–water partition coefficient (Wildman–Crippen LogP) is 4.26. The minimum Gasteiger partial charge on any atom is -0.322 e. The summed E-state index contributed by atoms with van der Waals surface area (Å²) in [4.78, 5) is 19.1. The number of hydrogen-bond acceptors (Lipinski definition) is 4. The molecule has 0 bridgehead atoms. The van der Waals surface area contributed by atoms with E-state index in [0.29, 0.717) is 5.56 Å². The Morgan fingerprint density at radius 2 is 1.96 bits per heavy atom. The van der Waals surface area contributed by atoms with Crippen molar-refractivity contribution in [3.63, 3.8) is 0 Å². The van der Waals surface area contributed by atoms with Crippen molar-refractivity contribution in [3.05, 3.63) is 68.6 Å². The van der Waals surface area contributed by atoms with E-state index in [1.54, 1.807) is 11.8 Å². The van der Waals surface area contributed by atoms with Gasteiger partial charge in [-0.2, -0.15) is 0 Å². The molecule has 0 fully saturated rings. The first-order chi connectivity index (χ1) is 11.7. The average molecular weight is 447 g/mol. The summed E-state index contributed by atoms with van der Waals surface area (Å²) in [6, 6.07) is 15.5. The number of nitrogens with zero attached hydrogens (tertiary/aromatic N) is 2. The Bertz CT molecular complexity index is 861. The highest BCUT2D eigenvalue weighted by Gasteiger charge is 2.26. The van der Waals surface area contributed by atoms with Gasteiger partial charge in [-0.1, -0.05) is 36.0 Å². The number of amides is 1. The summed E-state index contributed by atoms with van der Waals surface area (Å²) in [7, 11) is 0. The van der Waals surface area contributed by atoms with Crippen molar-refractivity contribution in [2.75, 3.05) is 18.4 Å². The van der Waals surface area contributed by atoms with Crippen LogP contribution in [0.4, 0.5) is 5.69 Å². The molecule has 0 unspecified atom stereocenters. The fraction of sp³-hybridized carbons (Fsp3) is 0.111. The largest absolute Gasteiger partial charge is 0.322 e. The molecule has 1 amide bonds. The van der Waals surface area contributed by atoms with Gasteiger partial charge in [0.05, 0.1) is 17.8 Å². The molecule has 24 heavy (non-hydrogen) atoms. The second kappa shape index (κ2) is 6.60. The summed E-state index contributed by atoms with van der Waals surface area (Å²) in [5.41, 5.74) is 3.81. The smallest absolute Gasteiger partial charge is 0.256 e. The third-order valence-electron chi connectivity index (χ3n) is 3.93. The molecular formula is C18H14IN3OS. The van der Waals surface area contributed by atoms with E-state index in [1.807, 2.05) is 48.5 Å². The zero-order valence-electron chi connectivity index (χ0n) is 12.7. The number of anilines is 1. The molecule has 6 heteroatoms. The first-order valence-electron chi connectivity index (χ1n) is 7.57. The van der Waals surface area contributed by atoms with Crippen LogP contribution in [0.2, 0.25) is 0 Å². The van der Waals surface area contributed by atoms with Gasteiger partial charge in [-0.3, -0.25) is 9.79 Å². The Morgan fingerprint density at radius 3 is 2.75 bits per heavy atom. The summed E-state index contributed by atoms with van der Waals surface area (Å²) < 4.78 is 0.943. The first kappa shape index (κ1) is 15.7. The quantitative estimate of drug-likeness (QED) is 0.716. The molecule has 2 aromatic rings. The molecule has 120 valence electrons. The first-order valence-corrected chi connectivity index (χ1v) is 9.53. The molecule has 4 rings (SSSR count). The van der Waals surface area contributed by atoms with Gasteiger partial charge in [0, 0.05) is 21.2 Å². The topological polar surface area (TPSA) is 44.7 Å². The van der Waals surface area contributed by atoms with E-state index in [1.165, 1.54) is 5.70 Å². The van der Waals surface area contributed by atoms with Crippen molar-refractivity contribution in [2.24, 2.45) is 4.99 Å². The third kappa shape index (κ3) is 2.95. The lowest BCUT2D eigenvalue weighted by molar-refractivity contribution is 0.102. The highest BCUT2D eigenvalue weighted by Crippen LogP contribution is 2.35. The van der Waals surface area contributed by atoms with Gasteiger partial charge in [0.2, 0.25) is 0 Å². The molecule has 2 aliphatic rings. The van der Waals surface area contributed by atoms with Crippen LogP contribution in [0.3, 0.4) is 0 Å². The monoisotopic (exact) mass is 447 g/mol. The maximum atomic E-state index is 12.4. The second-order valence-corrected chi connectivity index (χ2v) is 7.45. The van der Waals surface area contributed by atoms with E-state index in [2.05, 4.69) is 43.2 Å². The lowest BCUT2D eigenvalue weighted by atomic mass is 10.1. The number of hydrogen-bond donors (Lipinski definition) is 1. The van der Waals surface area contributed by atoms with Gasteiger partial charge in [-0.15, -0.1) is 0 Å². The van der Waals surface area contributed by atoms with Crippen LogP contribution in [0.25, 0.3) is 5.70 Å². The minimum absolute atomic E-state index is 0.0858. The molecule has 0 spiro atoms. The summed E-state index contributed by atoms with van der Waals surface area (Å²) in [5, 5.41) is 6.18. The van der Waals surface area contributed by atoms with E-state index in [0.717, 1.165) is 33.1 Å². The van der Waals surface area contributed by atoms with Gasteiger partial charge >= 0.3 is 0 Å². The Hall–Kier alpha value is -1.80. The summed E-state index contributed by atoms with van der Waals surface area (Å²) >= 11 is 3.85. The van der Waals surface area contributed by atoms with Crippen LogP contribution in [0.15, 0.2) is 58.9 Å². The molecule has 2 aromatic carbocycles. The molecule has 0 aliphatic carbocycles. The maximum Gasteiger partial charge on any atom is 0.256 e. The Balaban J connectivity index is 1.50. The van der Waals surface area contributed by atoms with Crippen LogP contribution in [-0.4, -0.2) is 29.1 Å². The van der Waals surface area contributed by atoms with Crippen LogP contribution in [0.5, 0.6) is 0 Å². The van der Waals surface area contributed by atoms with Gasteiger partial charge in [-0.25, -0.2) is 0 Å².